The van der Waals surface area contributed by atoms with Gasteiger partial charge in [0, 0.05) is 30.7 Å². The highest BCUT2D eigenvalue weighted by Crippen LogP contribution is 2.24. The fraction of sp³-hybridized carbons (Fsp3) is 0.118. The van der Waals surface area contributed by atoms with Gasteiger partial charge in [-0.05, 0) is 48.1 Å². The van der Waals surface area contributed by atoms with Crippen LogP contribution in [0.25, 0.3) is 6.08 Å². The van der Waals surface area contributed by atoms with Crippen molar-refractivity contribution in [3.63, 3.8) is 0 Å². The Bertz CT molecular complexity index is 680. The number of para-hydroxylation sites is 1. The van der Waals surface area contributed by atoms with Crippen LogP contribution in [0.3, 0.4) is 0 Å². The zero-order chi connectivity index (χ0) is 14.7. The molecule has 1 aliphatic heterocycles. The van der Waals surface area contributed by atoms with E-state index in [-0.39, 0.29) is 0 Å². The molecule has 2 aromatic carbocycles. The number of anilines is 3. The summed E-state index contributed by atoms with van der Waals surface area (Å²) >= 11 is 5.48. The number of hydrogen-bond acceptors (Lipinski definition) is 2. The number of benzene rings is 2. The molecule has 0 radical (unpaired) electrons. The van der Waals surface area contributed by atoms with Crippen LogP contribution in [0.1, 0.15) is 5.56 Å². The predicted molar refractivity (Wildman–Crippen MR) is 95.0 cm³/mol. The fourth-order valence-corrected chi connectivity index (χ4v) is 2.49. The molecule has 0 fully saturated rings. The van der Waals surface area contributed by atoms with Crippen LogP contribution in [-0.4, -0.2) is 18.7 Å². The second kappa shape index (κ2) is 5.97. The molecule has 21 heavy (non-hydrogen) atoms. The van der Waals surface area contributed by atoms with E-state index in [1.165, 1.54) is 5.56 Å². The Kier molecular flexibility index (Phi) is 3.88. The van der Waals surface area contributed by atoms with Gasteiger partial charge in [0.15, 0.2) is 5.11 Å². The standard InChI is InChI=1S/C17H17N3S/c1-20(15-7-3-2-4-8-15)17(21)19-14-9-10-16-13(12-14)6-5-11-18-16/h2-10,12,18H,11H2,1H3,(H,19,21). The molecule has 0 amide bonds. The maximum absolute atomic E-state index is 5.48. The molecule has 3 nitrogen and oxygen atoms in total. The van der Waals surface area contributed by atoms with E-state index >= 15 is 0 Å². The Hall–Kier alpha value is -2.33. The largest absolute Gasteiger partial charge is 0.381 e. The molecule has 0 saturated heterocycles. The van der Waals surface area contributed by atoms with E-state index in [0.717, 1.165) is 23.6 Å². The molecule has 1 heterocycles. The van der Waals surface area contributed by atoms with Gasteiger partial charge in [-0.2, -0.15) is 0 Å². The van der Waals surface area contributed by atoms with E-state index in [0.29, 0.717) is 5.11 Å². The van der Waals surface area contributed by atoms with E-state index in [2.05, 4.69) is 34.9 Å². The molecule has 2 aromatic rings. The molecule has 0 aliphatic carbocycles. The molecule has 0 saturated carbocycles. The average Bonchev–Trinajstić information content (AvgIpc) is 2.55. The van der Waals surface area contributed by atoms with Gasteiger partial charge in [-0.3, -0.25) is 0 Å². The van der Waals surface area contributed by atoms with E-state index in [1.807, 2.05) is 48.3 Å². The molecule has 3 rings (SSSR count). The maximum atomic E-state index is 5.48. The first-order valence-corrected chi connectivity index (χ1v) is 7.29. The Morgan fingerprint density at radius 2 is 2.00 bits per heavy atom. The van der Waals surface area contributed by atoms with Gasteiger partial charge < -0.3 is 15.5 Å². The lowest BCUT2D eigenvalue weighted by molar-refractivity contribution is 1.28. The number of thiocarbonyl (C=S) groups is 1. The Balaban J connectivity index is 1.75. The van der Waals surface area contributed by atoms with Crippen molar-refractivity contribution in [1.29, 1.82) is 0 Å². The number of nitrogens with zero attached hydrogens (tertiary/aromatic N) is 1. The van der Waals surface area contributed by atoms with Gasteiger partial charge in [0.2, 0.25) is 0 Å². The first-order chi connectivity index (χ1) is 10.2. The van der Waals surface area contributed by atoms with Gasteiger partial charge in [0.25, 0.3) is 0 Å². The summed E-state index contributed by atoms with van der Waals surface area (Å²) in [4.78, 5) is 1.96. The van der Waals surface area contributed by atoms with E-state index in [1.54, 1.807) is 0 Å². The minimum Gasteiger partial charge on any atom is -0.381 e. The molecule has 0 bridgehead atoms. The van der Waals surface area contributed by atoms with Crippen LogP contribution in [0.5, 0.6) is 0 Å². The highest BCUT2D eigenvalue weighted by Gasteiger charge is 2.09. The van der Waals surface area contributed by atoms with E-state index < -0.39 is 0 Å². The molecule has 1 aliphatic rings. The van der Waals surface area contributed by atoms with Crippen molar-refractivity contribution in [2.24, 2.45) is 0 Å². The Morgan fingerprint density at radius 1 is 1.19 bits per heavy atom. The maximum Gasteiger partial charge on any atom is 0.177 e. The van der Waals surface area contributed by atoms with Crippen molar-refractivity contribution >= 4 is 40.5 Å². The molecule has 4 heteroatoms. The van der Waals surface area contributed by atoms with Gasteiger partial charge >= 0.3 is 0 Å². The van der Waals surface area contributed by atoms with Crippen molar-refractivity contribution < 1.29 is 0 Å². The van der Waals surface area contributed by atoms with Crippen LogP contribution >= 0.6 is 12.2 Å². The topological polar surface area (TPSA) is 27.3 Å². The quantitative estimate of drug-likeness (QED) is 0.820. The molecule has 0 spiro atoms. The van der Waals surface area contributed by atoms with Gasteiger partial charge in [0.1, 0.15) is 0 Å². The normalized spacial score (nSPS) is 12.2. The summed E-state index contributed by atoms with van der Waals surface area (Å²) in [6.07, 6.45) is 4.24. The number of rotatable bonds is 2. The van der Waals surface area contributed by atoms with Crippen LogP contribution in [-0.2, 0) is 0 Å². The van der Waals surface area contributed by atoms with Crippen LogP contribution in [0.15, 0.2) is 54.6 Å². The number of nitrogens with one attached hydrogen (secondary N) is 2. The van der Waals surface area contributed by atoms with Crippen molar-refractivity contribution in [2.45, 2.75) is 0 Å². The predicted octanol–water partition coefficient (Wildman–Crippen LogP) is 3.96. The highest BCUT2D eigenvalue weighted by atomic mass is 32.1. The van der Waals surface area contributed by atoms with Gasteiger partial charge in [-0.15, -0.1) is 0 Å². The van der Waals surface area contributed by atoms with Gasteiger partial charge in [-0.1, -0.05) is 30.4 Å². The third kappa shape index (κ3) is 3.06. The third-order valence-corrected chi connectivity index (χ3v) is 3.83. The lowest BCUT2D eigenvalue weighted by atomic mass is 10.1. The second-order valence-corrected chi connectivity index (χ2v) is 5.30. The van der Waals surface area contributed by atoms with Crippen molar-refractivity contribution in [2.75, 3.05) is 29.1 Å². The van der Waals surface area contributed by atoms with Crippen molar-refractivity contribution in [1.82, 2.24) is 0 Å². The SMILES string of the molecule is CN(C(=S)Nc1ccc2c(c1)C=CCN2)c1ccccc1. The minimum atomic E-state index is 0.675. The summed E-state index contributed by atoms with van der Waals surface area (Å²) in [7, 11) is 1.96. The smallest absolute Gasteiger partial charge is 0.177 e. The summed E-state index contributed by atoms with van der Waals surface area (Å²) in [5, 5.41) is 7.29. The first-order valence-electron chi connectivity index (χ1n) is 6.88. The average molecular weight is 295 g/mol. The third-order valence-electron chi connectivity index (χ3n) is 3.46. The highest BCUT2D eigenvalue weighted by molar-refractivity contribution is 7.80. The van der Waals surface area contributed by atoms with Gasteiger partial charge in [0.05, 0.1) is 0 Å². The molecule has 0 unspecified atom stereocenters. The number of fused-ring (bicyclic) bond motifs is 1. The minimum absolute atomic E-state index is 0.675. The summed E-state index contributed by atoms with van der Waals surface area (Å²) in [5.74, 6) is 0. The summed E-state index contributed by atoms with van der Waals surface area (Å²) in [5.41, 5.74) is 4.39. The zero-order valence-electron chi connectivity index (χ0n) is 11.8. The van der Waals surface area contributed by atoms with Crippen molar-refractivity contribution in [3.8, 4) is 0 Å². The molecule has 0 atom stereocenters. The second-order valence-electron chi connectivity index (χ2n) is 4.91. The van der Waals surface area contributed by atoms with Crippen LogP contribution in [0.4, 0.5) is 17.1 Å². The Labute approximate surface area is 130 Å². The molecule has 0 aromatic heterocycles. The summed E-state index contributed by atoms with van der Waals surface area (Å²) in [6.45, 7) is 0.884. The molecular formula is C17H17N3S. The van der Waals surface area contributed by atoms with Crippen molar-refractivity contribution in [3.05, 3.63) is 60.2 Å². The van der Waals surface area contributed by atoms with Crippen LogP contribution in [0, 0.1) is 0 Å². The van der Waals surface area contributed by atoms with Crippen LogP contribution < -0.4 is 15.5 Å². The zero-order valence-corrected chi connectivity index (χ0v) is 12.7. The molecule has 2 N–H and O–H groups in total. The lowest BCUT2D eigenvalue weighted by Crippen LogP contribution is -2.30. The molecular weight excluding hydrogens is 278 g/mol. The first kappa shape index (κ1) is 13.6. The van der Waals surface area contributed by atoms with Crippen LogP contribution in [0.2, 0.25) is 0 Å². The van der Waals surface area contributed by atoms with Gasteiger partial charge in [-0.25, -0.2) is 0 Å². The van der Waals surface area contributed by atoms with E-state index in [4.69, 9.17) is 12.2 Å². The fourth-order valence-electron chi connectivity index (χ4n) is 2.27. The number of hydrogen-bond donors (Lipinski definition) is 2. The molecule has 106 valence electrons. The van der Waals surface area contributed by atoms with E-state index in [9.17, 15) is 0 Å². The Morgan fingerprint density at radius 3 is 2.81 bits per heavy atom. The summed E-state index contributed by atoms with van der Waals surface area (Å²) < 4.78 is 0. The monoisotopic (exact) mass is 295 g/mol. The summed E-state index contributed by atoms with van der Waals surface area (Å²) in [6, 6.07) is 16.3. The lowest BCUT2D eigenvalue weighted by Gasteiger charge is -2.22.